The zero-order chi connectivity index (χ0) is 11.7. The van der Waals surface area contributed by atoms with Crippen molar-refractivity contribution in [3.8, 4) is 5.75 Å². The Bertz CT molecular complexity index is 437. The molecule has 1 aromatic rings. The average Bonchev–Trinajstić information content (AvgIpc) is 2.25. The highest BCUT2D eigenvalue weighted by Crippen LogP contribution is 2.27. The quantitative estimate of drug-likeness (QED) is 0.740. The molecule has 2 N–H and O–H groups in total. The molecule has 0 unspecified atom stereocenters. The van der Waals surface area contributed by atoms with Gasteiger partial charge < -0.3 is 15.3 Å². The Labute approximate surface area is 90.5 Å². The minimum absolute atomic E-state index is 0.0991. The Morgan fingerprint density at radius 3 is 2.75 bits per heavy atom. The molecule has 0 saturated carbocycles. The van der Waals surface area contributed by atoms with Crippen molar-refractivity contribution < 1.29 is 18.7 Å². The van der Waals surface area contributed by atoms with Crippen LogP contribution in [0.25, 0.3) is 0 Å². The van der Waals surface area contributed by atoms with Crippen LogP contribution in [0.15, 0.2) is 12.1 Å². The molecule has 16 heavy (non-hydrogen) atoms. The maximum Gasteiger partial charge on any atom is 0.241 e. The van der Waals surface area contributed by atoms with Gasteiger partial charge >= 0.3 is 0 Å². The van der Waals surface area contributed by atoms with E-state index in [-0.39, 0.29) is 24.7 Å². The van der Waals surface area contributed by atoms with E-state index in [4.69, 9.17) is 5.11 Å². The van der Waals surface area contributed by atoms with Crippen molar-refractivity contribution in [2.24, 2.45) is 0 Å². The Kier molecular flexibility index (Phi) is 2.74. The average molecular weight is 228 g/mol. The maximum atomic E-state index is 13.4. The minimum Gasteiger partial charge on any atom is -0.505 e. The molecule has 1 heterocycles. The monoisotopic (exact) mass is 228 g/mol. The van der Waals surface area contributed by atoms with Crippen LogP contribution in [0.5, 0.6) is 5.75 Å². The van der Waals surface area contributed by atoms with Gasteiger partial charge in [-0.2, -0.15) is 0 Å². The minimum atomic E-state index is -0.942. The summed E-state index contributed by atoms with van der Waals surface area (Å²) in [6.07, 6.45) is 0. The lowest BCUT2D eigenvalue weighted by atomic mass is 10.2. The van der Waals surface area contributed by atoms with Gasteiger partial charge in [-0.15, -0.1) is 0 Å². The van der Waals surface area contributed by atoms with Crippen LogP contribution in [-0.2, 0) is 4.79 Å². The number of rotatable bonds is 1. The lowest BCUT2D eigenvalue weighted by Crippen LogP contribution is -2.48. The fourth-order valence-corrected chi connectivity index (χ4v) is 1.59. The second-order valence-electron chi connectivity index (χ2n) is 3.48. The summed E-state index contributed by atoms with van der Waals surface area (Å²) in [5.41, 5.74) is -0.137. The molecule has 1 saturated heterocycles. The first-order valence-electron chi connectivity index (χ1n) is 4.78. The molecule has 0 radical (unpaired) electrons. The van der Waals surface area contributed by atoms with E-state index in [1.807, 2.05) is 0 Å². The summed E-state index contributed by atoms with van der Waals surface area (Å²) in [6, 6.07) is 1.49. The third kappa shape index (κ3) is 1.83. The van der Waals surface area contributed by atoms with Crippen molar-refractivity contribution in [3.63, 3.8) is 0 Å². The first kappa shape index (κ1) is 10.8. The number of carbonyl (C=O) groups is 1. The van der Waals surface area contributed by atoms with E-state index in [9.17, 15) is 13.6 Å². The van der Waals surface area contributed by atoms with Gasteiger partial charge in [0.1, 0.15) is 0 Å². The first-order valence-corrected chi connectivity index (χ1v) is 4.78. The molecule has 0 bridgehead atoms. The SMILES string of the molecule is O=C1CNCCN1c1cc(F)c(O)cc1F. The topological polar surface area (TPSA) is 52.6 Å². The number of carbonyl (C=O) groups excluding carboxylic acids is 1. The van der Waals surface area contributed by atoms with Crippen molar-refractivity contribution in [2.45, 2.75) is 0 Å². The van der Waals surface area contributed by atoms with Crippen molar-refractivity contribution >= 4 is 11.6 Å². The molecule has 2 rings (SSSR count). The lowest BCUT2D eigenvalue weighted by molar-refractivity contribution is -0.118. The summed E-state index contributed by atoms with van der Waals surface area (Å²) in [4.78, 5) is 12.6. The molecule has 0 aromatic heterocycles. The first-order chi connectivity index (χ1) is 7.59. The predicted molar refractivity (Wildman–Crippen MR) is 53.2 cm³/mol. The normalized spacial score (nSPS) is 16.6. The molecular weight excluding hydrogens is 218 g/mol. The van der Waals surface area contributed by atoms with Gasteiger partial charge in [0.05, 0.1) is 12.2 Å². The molecule has 0 aliphatic carbocycles. The van der Waals surface area contributed by atoms with Crippen LogP contribution in [0, 0.1) is 11.6 Å². The zero-order valence-electron chi connectivity index (χ0n) is 8.33. The van der Waals surface area contributed by atoms with Gasteiger partial charge in [0, 0.05) is 25.2 Å². The van der Waals surface area contributed by atoms with Crippen molar-refractivity contribution in [2.75, 3.05) is 24.5 Å². The van der Waals surface area contributed by atoms with Crippen molar-refractivity contribution in [1.29, 1.82) is 0 Å². The summed E-state index contributed by atoms with van der Waals surface area (Å²) < 4.78 is 26.5. The molecular formula is C10H10F2N2O2. The summed E-state index contributed by atoms with van der Waals surface area (Å²) in [5, 5.41) is 11.8. The second-order valence-corrected chi connectivity index (χ2v) is 3.48. The highest BCUT2D eigenvalue weighted by Gasteiger charge is 2.23. The number of hydrogen-bond donors (Lipinski definition) is 2. The molecule has 1 fully saturated rings. The summed E-state index contributed by atoms with van der Waals surface area (Å²) in [7, 11) is 0. The van der Waals surface area contributed by atoms with E-state index < -0.39 is 17.4 Å². The van der Waals surface area contributed by atoms with Gasteiger partial charge in [-0.3, -0.25) is 4.79 Å². The van der Waals surface area contributed by atoms with Crippen LogP contribution in [-0.4, -0.2) is 30.6 Å². The van der Waals surface area contributed by atoms with E-state index in [2.05, 4.69) is 5.32 Å². The number of benzene rings is 1. The Balaban J connectivity index is 2.39. The molecule has 1 aromatic carbocycles. The smallest absolute Gasteiger partial charge is 0.241 e. The number of phenolic OH excluding ortho intramolecular Hbond substituents is 1. The number of hydrogen-bond acceptors (Lipinski definition) is 3. The summed E-state index contributed by atoms with van der Waals surface area (Å²) >= 11 is 0. The van der Waals surface area contributed by atoms with Gasteiger partial charge in [-0.05, 0) is 0 Å². The van der Waals surface area contributed by atoms with Crippen LogP contribution < -0.4 is 10.2 Å². The maximum absolute atomic E-state index is 13.4. The van der Waals surface area contributed by atoms with Gasteiger partial charge in [-0.25, -0.2) is 8.78 Å². The molecule has 1 aliphatic rings. The lowest BCUT2D eigenvalue weighted by Gasteiger charge is -2.27. The molecule has 1 amide bonds. The van der Waals surface area contributed by atoms with Crippen LogP contribution in [0.2, 0.25) is 0 Å². The molecule has 4 nitrogen and oxygen atoms in total. The second kappa shape index (κ2) is 4.05. The fraction of sp³-hybridized carbons (Fsp3) is 0.300. The van der Waals surface area contributed by atoms with Gasteiger partial charge in [0.15, 0.2) is 17.4 Å². The number of aromatic hydroxyl groups is 1. The third-order valence-corrected chi connectivity index (χ3v) is 2.40. The highest BCUT2D eigenvalue weighted by molar-refractivity contribution is 5.95. The number of amides is 1. The van der Waals surface area contributed by atoms with Crippen LogP contribution in [0.1, 0.15) is 0 Å². The number of piperazine rings is 1. The molecule has 0 atom stereocenters. The number of nitrogens with one attached hydrogen (secondary N) is 1. The van der Waals surface area contributed by atoms with Gasteiger partial charge in [0.25, 0.3) is 0 Å². The van der Waals surface area contributed by atoms with Crippen LogP contribution in [0.4, 0.5) is 14.5 Å². The number of phenols is 1. The van der Waals surface area contributed by atoms with Crippen molar-refractivity contribution in [3.05, 3.63) is 23.8 Å². The Morgan fingerprint density at radius 2 is 2.06 bits per heavy atom. The van der Waals surface area contributed by atoms with E-state index >= 15 is 0 Å². The van der Waals surface area contributed by atoms with E-state index in [0.717, 1.165) is 11.0 Å². The van der Waals surface area contributed by atoms with Crippen molar-refractivity contribution in [1.82, 2.24) is 5.32 Å². The summed E-state index contributed by atoms with van der Waals surface area (Å²) in [5.74, 6) is -2.84. The Hall–Kier alpha value is -1.69. The number of nitrogens with zero attached hydrogens (tertiary/aromatic N) is 1. The summed E-state index contributed by atoms with van der Waals surface area (Å²) in [6.45, 7) is 0.898. The molecule has 1 aliphatic heterocycles. The van der Waals surface area contributed by atoms with E-state index in [1.54, 1.807) is 0 Å². The zero-order valence-corrected chi connectivity index (χ0v) is 8.33. The molecule has 6 heteroatoms. The van der Waals surface area contributed by atoms with Gasteiger partial charge in [0.2, 0.25) is 5.91 Å². The molecule has 0 spiro atoms. The predicted octanol–water partition coefficient (Wildman–Crippen LogP) is 0.607. The fourth-order valence-electron chi connectivity index (χ4n) is 1.59. The Morgan fingerprint density at radius 1 is 1.31 bits per heavy atom. The van der Waals surface area contributed by atoms with Crippen LogP contribution in [0.3, 0.4) is 0 Å². The highest BCUT2D eigenvalue weighted by atomic mass is 19.1. The van der Waals surface area contributed by atoms with Crippen LogP contribution >= 0.6 is 0 Å². The molecule has 86 valence electrons. The number of anilines is 1. The number of halogens is 2. The standard InChI is InChI=1S/C10H10F2N2O2/c11-6-4-9(15)7(12)3-8(6)14-2-1-13-5-10(14)16/h3-4,13,15H,1-2,5H2. The largest absolute Gasteiger partial charge is 0.505 e. The van der Waals surface area contributed by atoms with E-state index in [0.29, 0.717) is 12.6 Å². The van der Waals surface area contributed by atoms with E-state index in [1.165, 1.54) is 0 Å². The van der Waals surface area contributed by atoms with Gasteiger partial charge in [-0.1, -0.05) is 0 Å². The third-order valence-electron chi connectivity index (χ3n) is 2.40.